The van der Waals surface area contributed by atoms with Crippen LogP contribution in [0.25, 0.3) is 10.9 Å². The van der Waals surface area contributed by atoms with Gasteiger partial charge in [-0.3, -0.25) is 14.9 Å². The number of benzene rings is 2. The van der Waals surface area contributed by atoms with Gasteiger partial charge in [0.2, 0.25) is 0 Å². The number of non-ortho nitro benzene ring substituents is 1. The molecule has 0 N–H and O–H groups in total. The number of hydrogen-bond acceptors (Lipinski definition) is 5. The minimum atomic E-state index is -4.09. The first-order valence-corrected chi connectivity index (χ1v) is 8.78. The molecule has 0 saturated carbocycles. The minimum absolute atomic E-state index is 0.213. The molecule has 7 nitrogen and oxygen atoms in total. The molecular formula is C17H14N2O5S. The predicted molar refractivity (Wildman–Crippen MR) is 92.4 cm³/mol. The van der Waals surface area contributed by atoms with Gasteiger partial charge in [0.05, 0.1) is 15.3 Å². The monoisotopic (exact) mass is 358 g/mol. The molecular weight excluding hydrogens is 344 g/mol. The van der Waals surface area contributed by atoms with E-state index in [0.29, 0.717) is 10.9 Å². The molecule has 3 aromatic rings. The number of aromatic nitrogens is 1. The third-order valence-corrected chi connectivity index (χ3v) is 5.56. The molecule has 0 radical (unpaired) electrons. The van der Waals surface area contributed by atoms with Crippen LogP contribution in [0.3, 0.4) is 0 Å². The minimum Gasteiger partial charge on any atom is -0.294 e. The zero-order valence-corrected chi connectivity index (χ0v) is 14.3. The topological polar surface area (TPSA) is 99.3 Å². The molecule has 2 aromatic carbocycles. The Hall–Kier alpha value is -3.00. The zero-order valence-electron chi connectivity index (χ0n) is 13.5. The Bertz CT molecular complexity index is 1130. The van der Waals surface area contributed by atoms with Crippen LogP contribution in [-0.4, -0.2) is 23.1 Å². The van der Waals surface area contributed by atoms with Crippen molar-refractivity contribution in [1.29, 1.82) is 0 Å². The first-order chi connectivity index (χ1) is 11.7. The van der Waals surface area contributed by atoms with Gasteiger partial charge in [-0.05, 0) is 31.5 Å². The number of carbonyl (C=O) groups excluding carboxylic acids is 1. The Kier molecular flexibility index (Phi) is 3.92. The number of nitro groups is 1. The van der Waals surface area contributed by atoms with Gasteiger partial charge >= 0.3 is 0 Å². The van der Waals surface area contributed by atoms with Gasteiger partial charge in [-0.25, -0.2) is 12.4 Å². The van der Waals surface area contributed by atoms with E-state index in [1.54, 1.807) is 18.2 Å². The maximum atomic E-state index is 13.0. The van der Waals surface area contributed by atoms with E-state index >= 15 is 0 Å². The fourth-order valence-electron chi connectivity index (χ4n) is 2.66. The van der Waals surface area contributed by atoms with Crippen LogP contribution < -0.4 is 0 Å². The third kappa shape index (κ3) is 2.80. The summed E-state index contributed by atoms with van der Waals surface area (Å²) in [4.78, 5) is 21.9. The fraction of sp³-hybridized carbons (Fsp3) is 0.118. The molecule has 0 aliphatic carbocycles. The smallest absolute Gasteiger partial charge is 0.270 e. The summed E-state index contributed by atoms with van der Waals surface area (Å²) >= 11 is 0. The van der Waals surface area contributed by atoms with Crippen LogP contribution in [0.2, 0.25) is 0 Å². The van der Waals surface area contributed by atoms with Crippen molar-refractivity contribution < 1.29 is 18.1 Å². The van der Waals surface area contributed by atoms with Gasteiger partial charge in [-0.15, -0.1) is 0 Å². The molecule has 3 rings (SSSR count). The van der Waals surface area contributed by atoms with E-state index in [4.69, 9.17) is 0 Å². The summed E-state index contributed by atoms with van der Waals surface area (Å²) in [6.45, 7) is 3.17. The first kappa shape index (κ1) is 16.8. The van der Waals surface area contributed by atoms with Crippen LogP contribution in [-0.2, 0) is 10.0 Å². The molecule has 1 aromatic heterocycles. The molecule has 0 spiro atoms. The Balaban J connectivity index is 2.31. The van der Waals surface area contributed by atoms with Crippen molar-refractivity contribution >= 4 is 32.4 Å². The quantitative estimate of drug-likeness (QED) is 0.405. The molecule has 0 bridgehead atoms. The van der Waals surface area contributed by atoms with E-state index in [0.717, 1.165) is 15.6 Å². The first-order valence-electron chi connectivity index (χ1n) is 7.34. The molecule has 8 heteroatoms. The summed E-state index contributed by atoms with van der Waals surface area (Å²) < 4.78 is 27.0. The lowest BCUT2D eigenvalue weighted by Crippen LogP contribution is -2.12. The summed E-state index contributed by atoms with van der Waals surface area (Å²) in [5.74, 6) is -0.262. The highest BCUT2D eigenvalue weighted by molar-refractivity contribution is 7.90. The molecule has 0 aliphatic rings. The van der Waals surface area contributed by atoms with Crippen LogP contribution in [0.5, 0.6) is 0 Å². The van der Waals surface area contributed by atoms with Crippen LogP contribution in [0, 0.1) is 17.0 Å². The highest BCUT2D eigenvalue weighted by Crippen LogP contribution is 2.28. The van der Waals surface area contributed by atoms with Crippen molar-refractivity contribution in [2.24, 2.45) is 0 Å². The number of Topliss-reactive ketones (excluding diaryl/α,β-unsaturated/α-hetero) is 1. The molecule has 25 heavy (non-hydrogen) atoms. The van der Waals surface area contributed by atoms with E-state index in [9.17, 15) is 23.3 Å². The summed E-state index contributed by atoms with van der Waals surface area (Å²) in [7, 11) is -4.09. The van der Waals surface area contributed by atoms with Gasteiger partial charge < -0.3 is 0 Å². The molecule has 128 valence electrons. The molecule has 0 aliphatic heterocycles. The lowest BCUT2D eigenvalue weighted by Gasteiger charge is -2.08. The summed E-state index contributed by atoms with van der Waals surface area (Å²) in [6.07, 6.45) is 1.26. The van der Waals surface area contributed by atoms with Crippen molar-refractivity contribution in [1.82, 2.24) is 3.97 Å². The van der Waals surface area contributed by atoms with Crippen molar-refractivity contribution in [3.05, 3.63) is 69.9 Å². The average molecular weight is 358 g/mol. The molecule has 0 atom stereocenters. The van der Waals surface area contributed by atoms with E-state index in [2.05, 4.69) is 0 Å². The highest BCUT2D eigenvalue weighted by atomic mass is 32.2. The van der Waals surface area contributed by atoms with Crippen molar-refractivity contribution in [3.63, 3.8) is 0 Å². The molecule has 1 heterocycles. The predicted octanol–water partition coefficient (Wildman–Crippen LogP) is 3.30. The van der Waals surface area contributed by atoms with Crippen LogP contribution in [0.15, 0.2) is 53.6 Å². The highest BCUT2D eigenvalue weighted by Gasteiger charge is 2.24. The van der Waals surface area contributed by atoms with Gasteiger partial charge in [0.1, 0.15) is 0 Å². The molecule has 0 fully saturated rings. The van der Waals surface area contributed by atoms with Gasteiger partial charge in [0.25, 0.3) is 15.7 Å². The lowest BCUT2D eigenvalue weighted by atomic mass is 10.1. The fourth-order valence-corrected chi connectivity index (χ4v) is 4.06. The second-order valence-corrected chi connectivity index (χ2v) is 7.49. The van der Waals surface area contributed by atoms with E-state index in [1.165, 1.54) is 31.3 Å². The second-order valence-electron chi connectivity index (χ2n) is 5.67. The van der Waals surface area contributed by atoms with Gasteiger partial charge in [0, 0.05) is 29.3 Å². The number of fused-ring (bicyclic) bond motifs is 1. The molecule has 0 saturated heterocycles. The largest absolute Gasteiger partial charge is 0.294 e. The number of carbonyl (C=O) groups is 1. The maximum Gasteiger partial charge on any atom is 0.270 e. The van der Waals surface area contributed by atoms with Crippen LogP contribution >= 0.6 is 0 Å². The Morgan fingerprint density at radius 2 is 1.88 bits per heavy atom. The summed E-state index contributed by atoms with van der Waals surface area (Å²) in [6, 6.07) is 9.98. The van der Waals surface area contributed by atoms with E-state index in [1.807, 2.05) is 6.92 Å². The number of nitro benzene ring substituents is 1. The SMILES string of the molecule is CC(=O)c1cn(S(=O)(=O)c2cccc([N+](=O)[O-])c2)c2cc(C)ccc12. The number of hydrogen-bond donors (Lipinski definition) is 0. The van der Waals surface area contributed by atoms with Crippen molar-refractivity contribution in [2.75, 3.05) is 0 Å². The van der Waals surface area contributed by atoms with Crippen molar-refractivity contribution in [2.45, 2.75) is 18.7 Å². The summed E-state index contributed by atoms with van der Waals surface area (Å²) in [5.41, 5.74) is 1.15. The van der Waals surface area contributed by atoms with Crippen molar-refractivity contribution in [3.8, 4) is 0 Å². The van der Waals surface area contributed by atoms with Crippen LogP contribution in [0.1, 0.15) is 22.8 Å². The standard InChI is InChI=1S/C17H14N2O5S/c1-11-6-7-15-16(12(2)20)10-18(17(15)8-11)25(23,24)14-5-3-4-13(9-14)19(21)22/h3-10H,1-2H3. The normalized spacial score (nSPS) is 11.6. The van der Waals surface area contributed by atoms with Gasteiger partial charge in [-0.2, -0.15) is 0 Å². The third-order valence-electron chi connectivity index (χ3n) is 3.89. The zero-order chi connectivity index (χ0) is 18.4. The Morgan fingerprint density at radius 1 is 1.16 bits per heavy atom. The number of rotatable bonds is 4. The van der Waals surface area contributed by atoms with Gasteiger partial charge in [0.15, 0.2) is 5.78 Å². The van der Waals surface area contributed by atoms with E-state index < -0.39 is 14.9 Å². The lowest BCUT2D eigenvalue weighted by molar-refractivity contribution is -0.385. The average Bonchev–Trinajstić information content (AvgIpc) is 2.94. The molecule has 0 amide bonds. The van der Waals surface area contributed by atoms with E-state index in [-0.39, 0.29) is 21.9 Å². The Morgan fingerprint density at radius 3 is 2.52 bits per heavy atom. The maximum absolute atomic E-state index is 13.0. The van der Waals surface area contributed by atoms with Crippen LogP contribution in [0.4, 0.5) is 5.69 Å². The number of aryl methyl sites for hydroxylation is 1. The Labute approximate surface area is 143 Å². The second kappa shape index (κ2) is 5.82. The molecule has 0 unspecified atom stereocenters. The number of ketones is 1. The van der Waals surface area contributed by atoms with Gasteiger partial charge in [-0.1, -0.05) is 18.2 Å². The number of nitrogens with zero attached hydrogens (tertiary/aromatic N) is 2. The summed E-state index contributed by atoms with van der Waals surface area (Å²) in [5, 5.41) is 11.4.